The molecule has 0 heterocycles. The summed E-state index contributed by atoms with van der Waals surface area (Å²) in [6.45, 7) is -22.5. The van der Waals surface area contributed by atoms with E-state index in [-0.39, 0.29) is 0 Å². The van der Waals surface area contributed by atoms with E-state index >= 15 is 0 Å². The van der Waals surface area contributed by atoms with Crippen molar-refractivity contribution in [2.24, 2.45) is 0 Å². The van der Waals surface area contributed by atoms with Gasteiger partial charge in [-0.3, -0.25) is 4.74 Å². The van der Waals surface area contributed by atoms with Gasteiger partial charge in [0.15, 0.2) is 52.6 Å². The summed E-state index contributed by atoms with van der Waals surface area (Å²) in [6.07, 6.45) is -74.5. The number of ether oxygens (including phenoxy) is 8. The monoisotopic (exact) mass is 2170 g/mol. The fraction of sp³-hybridized carbons (Fsp3) is 0.750. The van der Waals surface area contributed by atoms with Crippen molar-refractivity contribution >= 4 is 84.1 Å². The maximum atomic E-state index is 13.2. The second-order valence-corrected chi connectivity index (χ2v) is 23.1. The van der Waals surface area contributed by atoms with Crippen LogP contribution in [0.25, 0.3) is 0 Å². The SMILES string of the molecule is FCC(F)(F)OC(F)(F)C(F)(F)CF.FCC(F)(F)OC(F)(F)C(F)(F)OC(F)(F)CF.FCC(F)(F)OC(F)(F)C(F)(F)OC(F)(F)CF.FCOC(F)(F)C(F)=C(F)F.FCOC(F)=C(F)F.FCOC(F)=C(F)F.O=S(=O)(F)CC(F)(C=C(F)F)CS(=O)(=O)F.O=S(=O)(F)F.O=S(=O)(F)F.O=S(=O)(F)F.O=S(=O)(F)F.O=S(=O)(F)F.O=S(=O)(F)F. The Kier molecular flexibility index (Phi) is 69.7. The molecule has 0 unspecified atom stereocenters. The molecule has 0 spiro atoms. The van der Waals surface area contributed by atoms with E-state index in [0.29, 0.717) is 0 Å². The van der Waals surface area contributed by atoms with Crippen molar-refractivity contribution in [1.29, 1.82) is 0 Å². The fourth-order valence-electron chi connectivity index (χ4n) is 2.80. The standard InChI is InChI=1S/2C6H4F10O2.C5H4F8O.C5H5F5O4S2.C4H2F6O.2C3H2F4O.6F2O2S/c2*7-1-3(9,10)17-5(13,14)6(15,16)18-4(11,12)2-8;6-1-3(8,9)5(12,13)14-4(10,11)2-7;6-4(7)1-5(8,2-15(9,11)12)3-16(10,13)14;5-1-11-4(9,10)2(6)3(7)8;2*4-1-8-3(7)2(5)6;6*1-5(2,3)4/h2*1-2H2;1-2H2;1H,2-3H2;1H2;2*1H2;;;;;;. The maximum Gasteiger partial charge on any atom is 0.476 e. The van der Waals surface area contributed by atoms with Gasteiger partial charge in [-0.05, 0) is 0 Å². The van der Waals surface area contributed by atoms with Crippen LogP contribution in [0.5, 0.6) is 0 Å². The highest BCUT2D eigenvalue weighted by Crippen LogP contribution is 2.46. The molecular weight excluding hydrogens is 2150 g/mol. The first-order valence-corrected chi connectivity index (χ1v) is 34.1. The minimum atomic E-state index is -6.30. The van der Waals surface area contributed by atoms with Crippen molar-refractivity contribution < 1.29 is 357 Å². The average molecular weight is 2170 g/mol. The summed E-state index contributed by atoms with van der Waals surface area (Å²) in [5, 5.41) is 0. The number of hydrogen-bond donors (Lipinski definition) is 0. The molecule has 123 heavy (non-hydrogen) atoms. The van der Waals surface area contributed by atoms with Crippen LogP contribution in [0.2, 0.25) is 0 Å². The second kappa shape index (κ2) is 59.0. The quantitative estimate of drug-likeness (QED) is 0.0353. The summed E-state index contributed by atoms with van der Waals surface area (Å²) < 4.78 is 829. The van der Waals surface area contributed by atoms with Gasteiger partial charge in [-0.15, -0.1) is 7.77 Å². The molecule has 0 aliphatic heterocycles. The third-order valence-corrected chi connectivity index (χ3v) is 7.60. The summed E-state index contributed by atoms with van der Waals surface area (Å²) in [4.78, 5) is 0. The number of alkyl halides is 34. The molecule has 0 aromatic heterocycles. The van der Waals surface area contributed by atoms with Crippen molar-refractivity contribution in [2.45, 2.75) is 78.8 Å². The first kappa shape index (κ1) is 145. The average Bonchev–Trinajstić information content (AvgIpc) is 0.797. The van der Waals surface area contributed by atoms with E-state index in [9.17, 15) is 269 Å². The van der Waals surface area contributed by atoms with E-state index in [1.807, 2.05) is 0 Å². The molecule has 0 aromatic carbocycles. The predicted octanol–water partition coefficient (Wildman–Crippen LogP) is 18.0. The summed E-state index contributed by atoms with van der Waals surface area (Å²) in [5.41, 5.74) is -3.85. The summed E-state index contributed by atoms with van der Waals surface area (Å²) in [6, 6.07) is -4.32. The molecule has 0 aromatic rings. The molecular formula is C32H23F59O24S8. The lowest BCUT2D eigenvalue weighted by molar-refractivity contribution is -0.513. The molecule has 0 amide bonds. The van der Waals surface area contributed by atoms with E-state index in [2.05, 4.69) is 37.9 Å². The predicted molar refractivity (Wildman–Crippen MR) is 264 cm³/mol. The van der Waals surface area contributed by atoms with Crippen LogP contribution in [0, 0.1) is 0 Å². The number of halogens is 59. The molecule has 0 N–H and O–H groups in total. The molecule has 756 valence electrons. The van der Waals surface area contributed by atoms with Gasteiger partial charge in [0.2, 0.25) is 13.7 Å². The molecule has 0 radical (unpaired) electrons. The molecule has 91 heteroatoms. The number of allylic oxidation sites excluding steroid dienone is 1. The van der Waals surface area contributed by atoms with Crippen molar-refractivity contribution in [3.8, 4) is 0 Å². The lowest BCUT2D eigenvalue weighted by Crippen LogP contribution is -2.52. The highest BCUT2D eigenvalue weighted by molar-refractivity contribution is 7.87. The number of hydrogen-bond acceptors (Lipinski definition) is 24. The van der Waals surface area contributed by atoms with Crippen molar-refractivity contribution in [3.63, 3.8) is 0 Å². The zero-order chi connectivity index (χ0) is 104. The highest BCUT2D eigenvalue weighted by Gasteiger charge is 2.69. The van der Waals surface area contributed by atoms with Crippen molar-refractivity contribution in [1.82, 2.24) is 0 Å². The van der Waals surface area contributed by atoms with Gasteiger partial charge in [0.05, 0.1) is 0 Å². The summed E-state index contributed by atoms with van der Waals surface area (Å²) >= 11 is 0. The van der Waals surface area contributed by atoms with Gasteiger partial charge < -0.3 is 9.47 Å². The van der Waals surface area contributed by atoms with Crippen LogP contribution in [0.1, 0.15) is 0 Å². The molecule has 0 aliphatic rings. The van der Waals surface area contributed by atoms with Crippen molar-refractivity contribution in [3.05, 3.63) is 48.3 Å². The molecule has 0 fully saturated rings. The van der Waals surface area contributed by atoms with E-state index in [4.69, 9.17) is 50.5 Å². The van der Waals surface area contributed by atoms with Crippen LogP contribution in [0.15, 0.2) is 48.3 Å². The molecule has 0 saturated carbocycles. The Morgan fingerprint density at radius 1 is 0.252 bits per heavy atom. The Bertz CT molecular complexity index is 3590. The third-order valence-electron chi connectivity index (χ3n) is 5.95. The van der Waals surface area contributed by atoms with Gasteiger partial charge in [0.1, 0.15) is 11.5 Å². The number of rotatable bonds is 31. The van der Waals surface area contributed by atoms with Gasteiger partial charge >= 0.3 is 187 Å². The summed E-state index contributed by atoms with van der Waals surface area (Å²) in [5.74, 6) is -12.9. The molecule has 24 nitrogen and oxygen atoms in total. The summed E-state index contributed by atoms with van der Waals surface area (Å²) in [7, 11) is -45.2. The zero-order valence-electron chi connectivity index (χ0n) is 53.7. The topological polar surface area (TPSA) is 347 Å². The molecule has 0 aliphatic carbocycles. The van der Waals surface area contributed by atoms with E-state index in [0.717, 1.165) is 0 Å². The highest BCUT2D eigenvalue weighted by atomic mass is 32.3. The Morgan fingerprint density at radius 3 is 0.528 bits per heavy atom. The van der Waals surface area contributed by atoms with E-state index in [1.54, 1.807) is 0 Å². The van der Waals surface area contributed by atoms with E-state index in [1.165, 1.54) is 0 Å². The molecule has 0 atom stereocenters. The molecule has 0 rings (SSSR count). The van der Waals surface area contributed by atoms with Gasteiger partial charge in [-0.2, -0.15) is 221 Å². The minimum absolute atomic E-state index is 0.763. The van der Waals surface area contributed by atoms with Crippen molar-refractivity contribution in [2.75, 3.05) is 72.1 Å². The minimum Gasteiger partial charge on any atom is -0.435 e. The third kappa shape index (κ3) is 116. The van der Waals surface area contributed by atoms with Crippen LogP contribution in [-0.2, 0) is 122 Å². The van der Waals surface area contributed by atoms with Crippen LogP contribution in [0.3, 0.4) is 0 Å². The second-order valence-electron chi connectivity index (χ2n) is 15.8. The first-order chi connectivity index (χ1) is 52.8. The maximum absolute atomic E-state index is 13.2. The Balaban J connectivity index is -0.0000000998. The lowest BCUT2D eigenvalue weighted by Gasteiger charge is -2.29. The van der Waals surface area contributed by atoms with Crippen LogP contribution < -0.4 is 0 Å². The van der Waals surface area contributed by atoms with Crippen LogP contribution in [-0.4, -0.2) is 218 Å². The molecule has 0 saturated heterocycles. The van der Waals surface area contributed by atoms with Crippen LogP contribution in [0.4, 0.5) is 252 Å². The lowest BCUT2D eigenvalue weighted by atomic mass is 10.2. The van der Waals surface area contributed by atoms with Gasteiger partial charge in [-0.25, -0.2) is 67.6 Å². The fourth-order valence-corrected chi connectivity index (χ4v) is 4.45. The van der Waals surface area contributed by atoms with Crippen LogP contribution >= 0.6 is 0 Å². The first-order valence-electron chi connectivity index (χ1n) is 23.3. The normalized spacial score (nSPS) is 12.8. The Hall–Kier alpha value is -6.21. The molecule has 0 bridgehead atoms. The van der Waals surface area contributed by atoms with Gasteiger partial charge in [0, 0.05) is 6.08 Å². The smallest absolute Gasteiger partial charge is 0.435 e. The van der Waals surface area contributed by atoms with Gasteiger partial charge in [0.25, 0.3) is 11.9 Å². The Morgan fingerprint density at radius 2 is 0.423 bits per heavy atom. The van der Waals surface area contributed by atoms with Gasteiger partial charge in [-0.1, -0.05) is 46.6 Å². The Labute approximate surface area is 639 Å². The zero-order valence-corrected chi connectivity index (χ0v) is 60.3. The van der Waals surface area contributed by atoms with E-state index < -0.39 is 283 Å². The largest absolute Gasteiger partial charge is 0.476 e.